The third-order valence-corrected chi connectivity index (χ3v) is 7.85. The summed E-state index contributed by atoms with van der Waals surface area (Å²) in [4.78, 5) is 30.8. The van der Waals surface area contributed by atoms with Crippen molar-refractivity contribution >= 4 is 49.3 Å². The molecule has 4 rings (SSSR count). The number of amides is 1. The van der Waals surface area contributed by atoms with Gasteiger partial charge in [-0.2, -0.15) is 0 Å². The van der Waals surface area contributed by atoms with Gasteiger partial charge in [0, 0.05) is 29.3 Å². The SMILES string of the molecule is CC(C)OCCCn1c(SCC(=O)NC2CCCCC2)nc2c(sc3ccccc32)c1=O. The van der Waals surface area contributed by atoms with E-state index in [0.717, 1.165) is 34.9 Å². The van der Waals surface area contributed by atoms with E-state index < -0.39 is 0 Å². The van der Waals surface area contributed by atoms with Gasteiger partial charge in [0.2, 0.25) is 5.91 Å². The number of hydrogen-bond donors (Lipinski definition) is 1. The molecule has 3 aromatic rings. The highest BCUT2D eigenvalue weighted by Crippen LogP contribution is 2.31. The van der Waals surface area contributed by atoms with Gasteiger partial charge in [0.15, 0.2) is 5.16 Å². The molecular weight excluding hydrogens is 442 g/mol. The van der Waals surface area contributed by atoms with Crippen molar-refractivity contribution in [2.24, 2.45) is 0 Å². The van der Waals surface area contributed by atoms with Crippen molar-refractivity contribution in [2.45, 2.75) is 76.2 Å². The van der Waals surface area contributed by atoms with Crippen molar-refractivity contribution in [1.29, 1.82) is 0 Å². The van der Waals surface area contributed by atoms with Crippen LogP contribution >= 0.6 is 23.1 Å². The van der Waals surface area contributed by atoms with Crippen molar-refractivity contribution in [1.82, 2.24) is 14.9 Å². The first kappa shape index (κ1) is 23.3. The van der Waals surface area contributed by atoms with E-state index in [-0.39, 0.29) is 29.4 Å². The van der Waals surface area contributed by atoms with Crippen molar-refractivity contribution in [3.05, 3.63) is 34.6 Å². The molecule has 1 saturated carbocycles. The second-order valence-electron chi connectivity index (χ2n) is 8.59. The van der Waals surface area contributed by atoms with Crippen LogP contribution in [0, 0.1) is 0 Å². The zero-order valence-electron chi connectivity index (χ0n) is 18.8. The Hall–Kier alpha value is -1.90. The first-order valence-electron chi connectivity index (χ1n) is 11.5. The minimum atomic E-state index is -0.0315. The Morgan fingerprint density at radius 1 is 1.28 bits per heavy atom. The Kier molecular flexibility index (Phi) is 7.86. The molecule has 32 heavy (non-hydrogen) atoms. The molecule has 2 aromatic heterocycles. The molecule has 0 saturated heterocycles. The van der Waals surface area contributed by atoms with Gasteiger partial charge in [0.1, 0.15) is 4.70 Å². The molecule has 1 aromatic carbocycles. The molecule has 8 heteroatoms. The average molecular weight is 474 g/mol. The fraction of sp³-hybridized carbons (Fsp3) is 0.542. The van der Waals surface area contributed by atoms with Crippen LogP contribution in [0.25, 0.3) is 20.3 Å². The lowest BCUT2D eigenvalue weighted by Gasteiger charge is -2.22. The van der Waals surface area contributed by atoms with E-state index in [9.17, 15) is 9.59 Å². The maximum Gasteiger partial charge on any atom is 0.272 e. The number of fused-ring (bicyclic) bond motifs is 3. The molecule has 0 unspecified atom stereocenters. The summed E-state index contributed by atoms with van der Waals surface area (Å²) in [5.74, 6) is 0.278. The number of nitrogens with one attached hydrogen (secondary N) is 1. The number of benzene rings is 1. The Balaban J connectivity index is 1.57. The number of thiophene rings is 1. The zero-order chi connectivity index (χ0) is 22.5. The van der Waals surface area contributed by atoms with Crippen LogP contribution in [-0.2, 0) is 16.1 Å². The number of rotatable bonds is 9. The summed E-state index contributed by atoms with van der Waals surface area (Å²) in [6.07, 6.45) is 6.61. The Morgan fingerprint density at radius 2 is 2.06 bits per heavy atom. The van der Waals surface area contributed by atoms with Crippen LogP contribution in [0.4, 0.5) is 0 Å². The lowest BCUT2D eigenvalue weighted by molar-refractivity contribution is -0.119. The number of thioether (sulfide) groups is 1. The number of aromatic nitrogens is 2. The van der Waals surface area contributed by atoms with Gasteiger partial charge in [0.25, 0.3) is 5.56 Å². The average Bonchev–Trinajstić information content (AvgIpc) is 3.16. The highest BCUT2D eigenvalue weighted by Gasteiger charge is 2.19. The Labute approximate surface area is 196 Å². The molecule has 1 N–H and O–H groups in total. The minimum absolute atomic E-state index is 0.0149. The Bertz CT molecular complexity index is 1130. The monoisotopic (exact) mass is 473 g/mol. The molecule has 1 aliphatic rings. The highest BCUT2D eigenvalue weighted by molar-refractivity contribution is 7.99. The van der Waals surface area contributed by atoms with E-state index in [1.165, 1.54) is 42.4 Å². The first-order valence-corrected chi connectivity index (χ1v) is 13.3. The van der Waals surface area contributed by atoms with Crippen LogP contribution in [0.2, 0.25) is 0 Å². The summed E-state index contributed by atoms with van der Waals surface area (Å²) in [6.45, 7) is 5.11. The maximum absolute atomic E-state index is 13.4. The lowest BCUT2D eigenvalue weighted by atomic mass is 9.95. The summed E-state index contributed by atoms with van der Waals surface area (Å²) >= 11 is 2.84. The van der Waals surface area contributed by atoms with Crippen LogP contribution in [0.5, 0.6) is 0 Å². The van der Waals surface area contributed by atoms with Gasteiger partial charge in [0.05, 0.1) is 17.4 Å². The van der Waals surface area contributed by atoms with Crippen LogP contribution in [0.15, 0.2) is 34.2 Å². The fourth-order valence-corrected chi connectivity index (χ4v) is 6.07. The van der Waals surface area contributed by atoms with E-state index in [1.807, 2.05) is 38.1 Å². The van der Waals surface area contributed by atoms with Gasteiger partial charge < -0.3 is 10.1 Å². The van der Waals surface area contributed by atoms with E-state index in [4.69, 9.17) is 9.72 Å². The van der Waals surface area contributed by atoms with E-state index in [0.29, 0.717) is 23.0 Å². The Morgan fingerprint density at radius 3 is 2.84 bits per heavy atom. The van der Waals surface area contributed by atoms with Crippen LogP contribution < -0.4 is 10.9 Å². The predicted molar refractivity (Wildman–Crippen MR) is 133 cm³/mol. The number of carbonyl (C=O) groups excluding carboxylic acids is 1. The van der Waals surface area contributed by atoms with Crippen molar-refractivity contribution in [2.75, 3.05) is 12.4 Å². The number of ether oxygens (including phenoxy) is 1. The molecule has 172 valence electrons. The second-order valence-corrected chi connectivity index (χ2v) is 10.6. The maximum atomic E-state index is 13.4. The molecule has 6 nitrogen and oxygen atoms in total. The fourth-order valence-electron chi connectivity index (χ4n) is 4.15. The largest absolute Gasteiger partial charge is 0.379 e. The number of hydrogen-bond acceptors (Lipinski definition) is 6. The van der Waals surface area contributed by atoms with E-state index in [1.54, 1.807) is 4.57 Å². The van der Waals surface area contributed by atoms with Gasteiger partial charge in [-0.1, -0.05) is 49.2 Å². The molecule has 2 heterocycles. The zero-order valence-corrected chi connectivity index (χ0v) is 20.4. The van der Waals surface area contributed by atoms with Gasteiger partial charge in [-0.05, 0) is 39.2 Å². The third kappa shape index (κ3) is 5.53. The quantitative estimate of drug-likeness (QED) is 0.270. The molecular formula is C24H31N3O3S2. The smallest absolute Gasteiger partial charge is 0.272 e. The summed E-state index contributed by atoms with van der Waals surface area (Å²) in [5.41, 5.74) is 0.705. The number of carbonyl (C=O) groups is 1. The van der Waals surface area contributed by atoms with Gasteiger partial charge in [-0.15, -0.1) is 11.3 Å². The summed E-state index contributed by atoms with van der Waals surface area (Å²) < 4.78 is 9.11. The second kappa shape index (κ2) is 10.8. The molecule has 0 radical (unpaired) electrons. The lowest BCUT2D eigenvalue weighted by Crippen LogP contribution is -2.37. The summed E-state index contributed by atoms with van der Waals surface area (Å²) in [7, 11) is 0. The standard InChI is InChI=1S/C24H31N3O3S2/c1-16(2)30-14-8-13-27-23(29)22-21(18-11-6-7-12-19(18)32-22)26-24(27)31-15-20(28)25-17-9-4-3-5-10-17/h6-7,11-12,16-17H,3-5,8-10,13-15H2,1-2H3,(H,25,28). The molecule has 1 fully saturated rings. The number of nitrogens with zero attached hydrogens (tertiary/aromatic N) is 2. The van der Waals surface area contributed by atoms with Crippen LogP contribution in [0.1, 0.15) is 52.4 Å². The van der Waals surface area contributed by atoms with Gasteiger partial charge in [-0.25, -0.2) is 4.98 Å². The summed E-state index contributed by atoms with van der Waals surface area (Å²) in [5, 5.41) is 4.76. The van der Waals surface area contributed by atoms with Crippen LogP contribution in [0.3, 0.4) is 0 Å². The topological polar surface area (TPSA) is 73.2 Å². The molecule has 0 aliphatic heterocycles. The van der Waals surface area contributed by atoms with E-state index >= 15 is 0 Å². The van der Waals surface area contributed by atoms with Gasteiger partial charge in [-0.3, -0.25) is 14.2 Å². The van der Waals surface area contributed by atoms with Gasteiger partial charge >= 0.3 is 0 Å². The normalized spacial score (nSPS) is 15.1. The highest BCUT2D eigenvalue weighted by atomic mass is 32.2. The molecule has 1 amide bonds. The van der Waals surface area contributed by atoms with Crippen molar-refractivity contribution in [3.63, 3.8) is 0 Å². The van der Waals surface area contributed by atoms with E-state index in [2.05, 4.69) is 5.32 Å². The van der Waals surface area contributed by atoms with Crippen molar-refractivity contribution < 1.29 is 9.53 Å². The predicted octanol–water partition coefficient (Wildman–Crippen LogP) is 4.97. The molecule has 0 spiro atoms. The summed E-state index contributed by atoms with van der Waals surface area (Å²) in [6, 6.07) is 8.25. The first-order chi connectivity index (χ1) is 15.5. The molecule has 0 atom stereocenters. The third-order valence-electron chi connectivity index (χ3n) is 5.73. The van der Waals surface area contributed by atoms with Crippen LogP contribution in [-0.4, -0.2) is 40.0 Å². The molecule has 0 bridgehead atoms. The van der Waals surface area contributed by atoms with Crippen molar-refractivity contribution in [3.8, 4) is 0 Å². The minimum Gasteiger partial charge on any atom is -0.379 e. The molecule has 1 aliphatic carbocycles.